The van der Waals surface area contributed by atoms with Crippen molar-refractivity contribution in [2.75, 3.05) is 5.32 Å². The number of fused-ring (bicyclic) bond motifs is 1. The first-order chi connectivity index (χ1) is 15.3. The number of hydrogen-bond acceptors (Lipinski definition) is 5. The number of anilines is 1. The summed E-state index contributed by atoms with van der Waals surface area (Å²) in [6.45, 7) is 0.124. The topological polar surface area (TPSA) is 124 Å². The molecule has 3 N–H and O–H groups in total. The lowest BCUT2D eigenvalue weighted by molar-refractivity contribution is -0.136. The SMILES string of the molecule is O=C(O)Cc1ccc(O)c(NC(=O)c2ccc3c(c2)C(=O)N(Cc2ccccc2)C3=O)c1. The van der Waals surface area contributed by atoms with E-state index in [1.165, 1.54) is 36.4 Å². The fourth-order valence-corrected chi connectivity index (χ4v) is 3.50. The van der Waals surface area contributed by atoms with E-state index in [4.69, 9.17) is 5.11 Å². The minimum absolute atomic E-state index is 0.0438. The van der Waals surface area contributed by atoms with Crippen molar-refractivity contribution in [3.63, 3.8) is 0 Å². The van der Waals surface area contributed by atoms with Gasteiger partial charge in [0.15, 0.2) is 0 Å². The molecule has 0 saturated heterocycles. The van der Waals surface area contributed by atoms with E-state index in [9.17, 15) is 24.3 Å². The van der Waals surface area contributed by atoms with Gasteiger partial charge in [0, 0.05) is 5.56 Å². The zero-order valence-corrected chi connectivity index (χ0v) is 16.7. The number of nitrogens with zero attached hydrogens (tertiary/aromatic N) is 1. The maximum atomic E-state index is 12.8. The van der Waals surface area contributed by atoms with E-state index in [1.807, 2.05) is 30.3 Å². The summed E-state index contributed by atoms with van der Waals surface area (Å²) < 4.78 is 0. The standard InChI is InChI=1S/C24H18N2O6/c27-20-9-6-15(11-21(28)29)10-19(20)25-22(30)16-7-8-17-18(12-16)24(32)26(23(17)31)13-14-4-2-1-3-5-14/h1-10,12,27H,11,13H2,(H,25,30)(H,28,29). The number of phenols is 1. The Morgan fingerprint density at radius 2 is 1.56 bits per heavy atom. The number of amides is 3. The Hall–Kier alpha value is -4.46. The molecule has 3 amide bonds. The van der Waals surface area contributed by atoms with Crippen LogP contribution in [0.15, 0.2) is 66.7 Å². The molecule has 3 aromatic carbocycles. The van der Waals surface area contributed by atoms with Crippen LogP contribution in [0.3, 0.4) is 0 Å². The Morgan fingerprint density at radius 1 is 0.844 bits per heavy atom. The van der Waals surface area contributed by atoms with Gasteiger partial charge in [0.05, 0.1) is 29.8 Å². The number of nitrogens with one attached hydrogen (secondary N) is 1. The third-order valence-corrected chi connectivity index (χ3v) is 5.08. The first kappa shape index (κ1) is 20.8. The summed E-state index contributed by atoms with van der Waals surface area (Å²) >= 11 is 0. The number of phenolic OH excluding ortho intramolecular Hbond substituents is 1. The van der Waals surface area contributed by atoms with E-state index >= 15 is 0 Å². The summed E-state index contributed by atoms with van der Waals surface area (Å²) in [6, 6.07) is 17.4. The number of aliphatic carboxylic acids is 1. The molecule has 0 fully saturated rings. The molecule has 3 aromatic rings. The van der Waals surface area contributed by atoms with Crippen molar-refractivity contribution in [1.82, 2.24) is 4.90 Å². The van der Waals surface area contributed by atoms with E-state index < -0.39 is 23.7 Å². The van der Waals surface area contributed by atoms with Gasteiger partial charge in [-0.15, -0.1) is 0 Å². The number of carbonyl (C=O) groups excluding carboxylic acids is 3. The second kappa shape index (κ2) is 8.35. The summed E-state index contributed by atoms with van der Waals surface area (Å²) in [5.74, 6) is -2.81. The quantitative estimate of drug-likeness (QED) is 0.408. The smallest absolute Gasteiger partial charge is 0.307 e. The molecule has 32 heavy (non-hydrogen) atoms. The Balaban J connectivity index is 1.56. The van der Waals surface area contributed by atoms with E-state index in [1.54, 1.807) is 0 Å². The van der Waals surface area contributed by atoms with Crippen LogP contribution in [0.2, 0.25) is 0 Å². The molecule has 0 atom stereocenters. The summed E-state index contributed by atoms with van der Waals surface area (Å²) in [7, 11) is 0. The van der Waals surface area contributed by atoms with Crippen LogP contribution in [0.1, 0.15) is 42.2 Å². The third-order valence-electron chi connectivity index (χ3n) is 5.08. The second-order valence-corrected chi connectivity index (χ2v) is 7.32. The Labute approximate surface area is 182 Å². The predicted octanol–water partition coefficient (Wildman–Crippen LogP) is 3.07. The predicted molar refractivity (Wildman–Crippen MR) is 114 cm³/mol. The third kappa shape index (κ3) is 4.06. The maximum absolute atomic E-state index is 12.8. The first-order valence-electron chi connectivity index (χ1n) is 9.72. The van der Waals surface area contributed by atoms with Crippen LogP contribution in [-0.4, -0.2) is 38.8 Å². The number of carbonyl (C=O) groups is 4. The number of carboxylic acid groups (broad SMARTS) is 1. The lowest BCUT2D eigenvalue weighted by Gasteiger charge is -2.13. The van der Waals surface area contributed by atoms with Crippen LogP contribution >= 0.6 is 0 Å². The molecule has 0 bridgehead atoms. The van der Waals surface area contributed by atoms with Crippen molar-refractivity contribution in [2.24, 2.45) is 0 Å². The summed E-state index contributed by atoms with van der Waals surface area (Å²) in [6.07, 6.45) is -0.268. The average molecular weight is 430 g/mol. The normalized spacial score (nSPS) is 12.6. The Bertz CT molecular complexity index is 1250. The fourth-order valence-electron chi connectivity index (χ4n) is 3.50. The van der Waals surface area contributed by atoms with Gasteiger partial charge in [-0.1, -0.05) is 36.4 Å². The van der Waals surface area contributed by atoms with Crippen LogP contribution in [0, 0.1) is 0 Å². The molecule has 0 aromatic heterocycles. The van der Waals surface area contributed by atoms with Crippen molar-refractivity contribution in [2.45, 2.75) is 13.0 Å². The van der Waals surface area contributed by atoms with Gasteiger partial charge in [-0.25, -0.2) is 0 Å². The van der Waals surface area contributed by atoms with Crippen LogP contribution < -0.4 is 5.32 Å². The van der Waals surface area contributed by atoms with Crippen LogP contribution in [0.25, 0.3) is 0 Å². The maximum Gasteiger partial charge on any atom is 0.307 e. The highest BCUT2D eigenvalue weighted by Gasteiger charge is 2.36. The zero-order valence-electron chi connectivity index (χ0n) is 16.7. The van der Waals surface area contributed by atoms with E-state index in [0.29, 0.717) is 5.56 Å². The van der Waals surface area contributed by atoms with Crippen LogP contribution in [0.5, 0.6) is 5.75 Å². The van der Waals surface area contributed by atoms with Crippen molar-refractivity contribution >= 4 is 29.4 Å². The van der Waals surface area contributed by atoms with Gasteiger partial charge in [0.25, 0.3) is 17.7 Å². The lowest BCUT2D eigenvalue weighted by Crippen LogP contribution is -2.29. The minimum Gasteiger partial charge on any atom is -0.506 e. The van der Waals surface area contributed by atoms with E-state index in [2.05, 4.69) is 5.32 Å². The molecule has 8 nitrogen and oxygen atoms in total. The molecule has 0 spiro atoms. The number of carboxylic acids is 1. The molecular weight excluding hydrogens is 412 g/mol. The highest BCUT2D eigenvalue weighted by atomic mass is 16.4. The van der Waals surface area contributed by atoms with Gasteiger partial charge in [0.1, 0.15) is 5.75 Å². The molecule has 1 aliphatic rings. The largest absolute Gasteiger partial charge is 0.506 e. The van der Waals surface area contributed by atoms with Crippen molar-refractivity contribution in [1.29, 1.82) is 0 Å². The molecule has 4 rings (SSSR count). The molecule has 0 radical (unpaired) electrons. The second-order valence-electron chi connectivity index (χ2n) is 7.32. The number of imide groups is 1. The summed E-state index contributed by atoms with van der Waals surface area (Å²) in [5, 5.41) is 21.4. The molecule has 8 heteroatoms. The molecular formula is C24H18N2O6. The molecule has 0 unspecified atom stereocenters. The van der Waals surface area contributed by atoms with Crippen molar-refractivity contribution < 1.29 is 29.4 Å². The number of benzene rings is 3. The highest BCUT2D eigenvalue weighted by molar-refractivity contribution is 6.22. The van der Waals surface area contributed by atoms with Crippen molar-refractivity contribution in [3.8, 4) is 5.75 Å². The molecule has 0 saturated carbocycles. The van der Waals surface area contributed by atoms with Gasteiger partial charge in [-0.2, -0.15) is 0 Å². The average Bonchev–Trinajstić information content (AvgIpc) is 3.01. The minimum atomic E-state index is -1.05. The lowest BCUT2D eigenvalue weighted by atomic mass is 10.0. The van der Waals surface area contributed by atoms with Gasteiger partial charge in [-0.05, 0) is 41.5 Å². The van der Waals surface area contributed by atoms with E-state index in [-0.39, 0.29) is 41.1 Å². The Morgan fingerprint density at radius 3 is 2.28 bits per heavy atom. The molecule has 1 heterocycles. The van der Waals surface area contributed by atoms with E-state index in [0.717, 1.165) is 10.5 Å². The number of aromatic hydroxyl groups is 1. The van der Waals surface area contributed by atoms with Crippen LogP contribution in [0.4, 0.5) is 5.69 Å². The fraction of sp³-hybridized carbons (Fsp3) is 0.0833. The van der Waals surface area contributed by atoms with Gasteiger partial charge < -0.3 is 15.5 Å². The Kier molecular flexibility index (Phi) is 5.43. The molecule has 0 aliphatic carbocycles. The van der Waals surface area contributed by atoms with Gasteiger partial charge >= 0.3 is 5.97 Å². The monoisotopic (exact) mass is 430 g/mol. The van der Waals surface area contributed by atoms with Gasteiger partial charge in [0.2, 0.25) is 0 Å². The first-order valence-corrected chi connectivity index (χ1v) is 9.72. The zero-order chi connectivity index (χ0) is 22.8. The summed E-state index contributed by atoms with van der Waals surface area (Å²) in [5.41, 5.74) is 1.71. The molecule has 1 aliphatic heterocycles. The highest BCUT2D eigenvalue weighted by Crippen LogP contribution is 2.28. The molecule has 160 valence electrons. The number of rotatable bonds is 6. The van der Waals surface area contributed by atoms with Crippen molar-refractivity contribution in [3.05, 3.63) is 94.5 Å². The summed E-state index contributed by atoms with van der Waals surface area (Å²) in [4.78, 5) is 50.2. The number of hydrogen-bond donors (Lipinski definition) is 3. The van der Waals surface area contributed by atoms with Crippen LogP contribution in [-0.2, 0) is 17.8 Å². The van der Waals surface area contributed by atoms with Gasteiger partial charge in [-0.3, -0.25) is 24.1 Å².